The fourth-order valence-corrected chi connectivity index (χ4v) is 3.13. The smallest absolute Gasteiger partial charge is 0.231 e. The molecule has 1 unspecified atom stereocenters. The highest BCUT2D eigenvalue weighted by atomic mass is 79.9. The third-order valence-electron chi connectivity index (χ3n) is 4.02. The molecule has 126 valence electrons. The maximum atomic E-state index is 12.6. The molecule has 3 heterocycles. The highest BCUT2D eigenvalue weighted by Crippen LogP contribution is 2.26. The van der Waals surface area contributed by atoms with Crippen LogP contribution in [0.1, 0.15) is 24.1 Å². The fourth-order valence-electron chi connectivity index (χ4n) is 2.80. The number of pyridine rings is 1. The van der Waals surface area contributed by atoms with Crippen molar-refractivity contribution >= 4 is 27.7 Å². The van der Waals surface area contributed by atoms with Gasteiger partial charge < -0.3 is 10.2 Å². The number of fused-ring (bicyclic) bond motifs is 1. The molecule has 8 heteroatoms. The van der Waals surface area contributed by atoms with Crippen LogP contribution in [-0.2, 0) is 22.7 Å². The molecule has 1 N–H and O–H groups in total. The molecule has 0 spiro atoms. The SMILES string of the molecule is CC(=O)N1Cc2cccnc2C(C(=O)NCCn2cc(Br)cn2)C1. The van der Waals surface area contributed by atoms with Crippen molar-refractivity contribution in [1.82, 2.24) is 25.0 Å². The van der Waals surface area contributed by atoms with Crippen molar-refractivity contribution in [3.63, 3.8) is 0 Å². The molecule has 0 fully saturated rings. The number of carbonyl (C=O) groups is 2. The summed E-state index contributed by atoms with van der Waals surface area (Å²) in [5.74, 6) is -0.598. The fraction of sp³-hybridized carbons (Fsp3) is 0.375. The van der Waals surface area contributed by atoms with E-state index in [0.717, 1.165) is 15.7 Å². The van der Waals surface area contributed by atoms with Crippen LogP contribution in [-0.4, -0.2) is 44.6 Å². The number of hydrogen-bond acceptors (Lipinski definition) is 4. The molecule has 0 bridgehead atoms. The average Bonchev–Trinajstić information content (AvgIpc) is 2.99. The summed E-state index contributed by atoms with van der Waals surface area (Å²) in [5.41, 5.74) is 1.68. The second kappa shape index (κ2) is 7.12. The molecule has 0 saturated carbocycles. The summed E-state index contributed by atoms with van der Waals surface area (Å²) < 4.78 is 2.65. The third-order valence-corrected chi connectivity index (χ3v) is 4.43. The molecule has 0 aromatic carbocycles. The lowest BCUT2D eigenvalue weighted by Gasteiger charge is -2.32. The van der Waals surface area contributed by atoms with Crippen molar-refractivity contribution in [2.75, 3.05) is 13.1 Å². The van der Waals surface area contributed by atoms with Gasteiger partial charge in [-0.1, -0.05) is 6.07 Å². The van der Waals surface area contributed by atoms with Gasteiger partial charge >= 0.3 is 0 Å². The second-order valence-corrected chi connectivity index (χ2v) is 6.63. The standard InChI is InChI=1S/C16H18BrN5O2/c1-11(23)21-8-12-3-2-4-18-15(12)14(10-21)16(24)19-5-6-22-9-13(17)7-20-22/h2-4,7,9,14H,5-6,8,10H2,1H3,(H,19,24). The van der Waals surface area contributed by atoms with Gasteiger partial charge in [-0.15, -0.1) is 0 Å². The Morgan fingerprint density at radius 3 is 3.00 bits per heavy atom. The molecular weight excluding hydrogens is 374 g/mol. The zero-order chi connectivity index (χ0) is 17.1. The van der Waals surface area contributed by atoms with Gasteiger partial charge in [0.15, 0.2) is 0 Å². The van der Waals surface area contributed by atoms with Crippen LogP contribution in [0.15, 0.2) is 35.2 Å². The molecule has 1 aliphatic rings. The van der Waals surface area contributed by atoms with Gasteiger partial charge in [-0.05, 0) is 27.6 Å². The van der Waals surface area contributed by atoms with E-state index in [9.17, 15) is 9.59 Å². The Balaban J connectivity index is 1.67. The topological polar surface area (TPSA) is 80.1 Å². The van der Waals surface area contributed by atoms with E-state index in [1.54, 1.807) is 22.0 Å². The Labute approximate surface area is 148 Å². The van der Waals surface area contributed by atoms with Crippen LogP contribution < -0.4 is 5.32 Å². The zero-order valence-electron chi connectivity index (χ0n) is 13.3. The maximum Gasteiger partial charge on any atom is 0.231 e. The second-order valence-electron chi connectivity index (χ2n) is 5.71. The first-order valence-corrected chi connectivity index (χ1v) is 8.49. The molecule has 2 aromatic heterocycles. The minimum absolute atomic E-state index is 0.0382. The van der Waals surface area contributed by atoms with Crippen LogP contribution in [0.5, 0.6) is 0 Å². The Morgan fingerprint density at radius 1 is 1.46 bits per heavy atom. The van der Waals surface area contributed by atoms with E-state index in [-0.39, 0.29) is 11.8 Å². The zero-order valence-corrected chi connectivity index (χ0v) is 14.9. The number of nitrogens with one attached hydrogen (secondary N) is 1. The van der Waals surface area contributed by atoms with E-state index in [1.165, 1.54) is 6.92 Å². The van der Waals surface area contributed by atoms with E-state index in [2.05, 4.69) is 31.3 Å². The van der Waals surface area contributed by atoms with Gasteiger partial charge in [-0.25, -0.2) is 0 Å². The highest BCUT2D eigenvalue weighted by molar-refractivity contribution is 9.10. The van der Waals surface area contributed by atoms with E-state index in [0.29, 0.717) is 26.2 Å². The predicted molar refractivity (Wildman–Crippen MR) is 91.0 cm³/mol. The lowest BCUT2D eigenvalue weighted by molar-refractivity contribution is -0.131. The summed E-state index contributed by atoms with van der Waals surface area (Å²) >= 11 is 3.34. The molecule has 0 saturated heterocycles. The Hall–Kier alpha value is -2.22. The Kier molecular flexibility index (Phi) is 4.94. The van der Waals surface area contributed by atoms with Crippen molar-refractivity contribution < 1.29 is 9.59 Å². The van der Waals surface area contributed by atoms with Gasteiger partial charge in [-0.2, -0.15) is 5.10 Å². The normalized spacial score (nSPS) is 16.6. The van der Waals surface area contributed by atoms with Crippen molar-refractivity contribution in [1.29, 1.82) is 0 Å². The first-order valence-electron chi connectivity index (χ1n) is 7.69. The van der Waals surface area contributed by atoms with Crippen LogP contribution in [0.4, 0.5) is 0 Å². The minimum Gasteiger partial charge on any atom is -0.354 e. The van der Waals surface area contributed by atoms with E-state index in [1.807, 2.05) is 18.3 Å². The largest absolute Gasteiger partial charge is 0.354 e. The lowest BCUT2D eigenvalue weighted by Crippen LogP contribution is -2.44. The molecule has 2 amide bonds. The molecule has 24 heavy (non-hydrogen) atoms. The summed E-state index contributed by atoms with van der Waals surface area (Å²) in [6, 6.07) is 3.74. The summed E-state index contributed by atoms with van der Waals surface area (Å²) in [6.45, 7) is 3.43. The van der Waals surface area contributed by atoms with Crippen molar-refractivity contribution in [3.8, 4) is 0 Å². The summed E-state index contributed by atoms with van der Waals surface area (Å²) in [6.07, 6.45) is 5.23. The van der Waals surface area contributed by atoms with Crippen LogP contribution >= 0.6 is 15.9 Å². The highest BCUT2D eigenvalue weighted by Gasteiger charge is 2.32. The van der Waals surface area contributed by atoms with Gasteiger partial charge in [0.2, 0.25) is 11.8 Å². The summed E-state index contributed by atoms with van der Waals surface area (Å²) in [5, 5.41) is 7.07. The third kappa shape index (κ3) is 3.64. The molecular formula is C16H18BrN5O2. The van der Waals surface area contributed by atoms with Gasteiger partial charge in [-0.3, -0.25) is 19.3 Å². The number of aromatic nitrogens is 3. The van der Waals surface area contributed by atoms with E-state index in [4.69, 9.17) is 0 Å². The van der Waals surface area contributed by atoms with Crippen molar-refractivity contribution in [2.24, 2.45) is 0 Å². The maximum absolute atomic E-state index is 12.6. The number of carbonyl (C=O) groups excluding carboxylic acids is 2. The van der Waals surface area contributed by atoms with Crippen LogP contribution in [0.25, 0.3) is 0 Å². The molecule has 2 aromatic rings. The van der Waals surface area contributed by atoms with Gasteiger partial charge in [0.25, 0.3) is 0 Å². The molecule has 0 aliphatic carbocycles. The van der Waals surface area contributed by atoms with Crippen molar-refractivity contribution in [2.45, 2.75) is 25.9 Å². The van der Waals surface area contributed by atoms with Crippen LogP contribution in [0.2, 0.25) is 0 Å². The number of hydrogen-bond donors (Lipinski definition) is 1. The monoisotopic (exact) mass is 391 g/mol. The van der Waals surface area contributed by atoms with Crippen LogP contribution in [0.3, 0.4) is 0 Å². The molecule has 0 radical (unpaired) electrons. The Bertz CT molecular complexity index is 760. The number of halogens is 1. The quantitative estimate of drug-likeness (QED) is 0.851. The van der Waals surface area contributed by atoms with Gasteiger partial charge in [0.05, 0.1) is 28.8 Å². The summed E-state index contributed by atoms with van der Waals surface area (Å²) in [4.78, 5) is 30.4. The number of nitrogens with zero attached hydrogens (tertiary/aromatic N) is 4. The summed E-state index contributed by atoms with van der Waals surface area (Å²) in [7, 11) is 0. The Morgan fingerprint density at radius 2 is 2.29 bits per heavy atom. The van der Waals surface area contributed by atoms with Gasteiger partial charge in [0, 0.05) is 39.0 Å². The minimum atomic E-state index is -0.441. The lowest BCUT2D eigenvalue weighted by atomic mass is 9.94. The van der Waals surface area contributed by atoms with E-state index >= 15 is 0 Å². The van der Waals surface area contributed by atoms with E-state index < -0.39 is 5.92 Å². The molecule has 1 aliphatic heterocycles. The number of rotatable bonds is 4. The van der Waals surface area contributed by atoms with Crippen LogP contribution in [0, 0.1) is 0 Å². The molecule has 1 atom stereocenters. The number of amides is 2. The molecule has 7 nitrogen and oxygen atoms in total. The average molecular weight is 392 g/mol. The first-order chi connectivity index (χ1) is 11.5. The predicted octanol–water partition coefficient (Wildman–Crippen LogP) is 1.30. The van der Waals surface area contributed by atoms with Gasteiger partial charge in [0.1, 0.15) is 0 Å². The van der Waals surface area contributed by atoms with Crippen molar-refractivity contribution in [3.05, 3.63) is 46.5 Å². The first kappa shape index (κ1) is 16.6. The molecule has 3 rings (SSSR count).